The van der Waals surface area contributed by atoms with Crippen LogP contribution in [-0.2, 0) is 14.6 Å². The van der Waals surface area contributed by atoms with Crippen LogP contribution in [0.15, 0.2) is 24.3 Å². The number of hydrogen-bond donors (Lipinski definition) is 2. The Balaban J connectivity index is 1.76. The monoisotopic (exact) mass is 296 g/mol. The highest BCUT2D eigenvalue weighted by atomic mass is 32.2. The number of amides is 1. The number of rotatable bonds is 4. The molecule has 0 aromatic heterocycles. The first-order chi connectivity index (χ1) is 9.44. The first kappa shape index (κ1) is 15.0. The van der Waals surface area contributed by atoms with Gasteiger partial charge in [-0.15, -0.1) is 0 Å². The van der Waals surface area contributed by atoms with Crippen molar-refractivity contribution in [2.24, 2.45) is 0 Å². The Bertz CT molecular complexity index is 570. The predicted octanol–water partition coefficient (Wildman–Crippen LogP) is 1.10. The molecule has 0 saturated carbocycles. The van der Waals surface area contributed by atoms with Crippen molar-refractivity contribution in [2.45, 2.75) is 25.8 Å². The fourth-order valence-corrected chi connectivity index (χ4v) is 3.75. The Labute approximate surface area is 119 Å². The van der Waals surface area contributed by atoms with Crippen molar-refractivity contribution in [2.75, 3.05) is 23.4 Å². The highest BCUT2D eigenvalue weighted by Crippen LogP contribution is 2.12. The highest BCUT2D eigenvalue weighted by Gasteiger charge is 2.23. The normalized spacial score (nSPS) is 18.6. The molecule has 5 nitrogen and oxygen atoms in total. The van der Waals surface area contributed by atoms with Crippen molar-refractivity contribution in [3.05, 3.63) is 29.8 Å². The number of anilines is 1. The molecule has 1 aromatic carbocycles. The molecule has 0 unspecified atom stereocenters. The molecule has 0 aliphatic carbocycles. The maximum atomic E-state index is 11.8. The smallest absolute Gasteiger partial charge is 0.238 e. The van der Waals surface area contributed by atoms with Crippen LogP contribution in [0.5, 0.6) is 0 Å². The summed E-state index contributed by atoms with van der Waals surface area (Å²) in [6.07, 6.45) is 1.17. The zero-order valence-corrected chi connectivity index (χ0v) is 12.4. The van der Waals surface area contributed by atoms with Crippen molar-refractivity contribution < 1.29 is 13.2 Å². The molecule has 1 fully saturated rings. The Morgan fingerprint density at radius 3 is 2.65 bits per heavy atom. The summed E-state index contributed by atoms with van der Waals surface area (Å²) >= 11 is 0. The van der Waals surface area contributed by atoms with Crippen LogP contribution in [0.4, 0.5) is 5.69 Å². The summed E-state index contributed by atoms with van der Waals surface area (Å²) in [6.45, 7) is 2.18. The van der Waals surface area contributed by atoms with Crippen molar-refractivity contribution in [1.29, 1.82) is 0 Å². The number of carbonyl (C=O) groups excluding carboxylic acids is 1. The number of carbonyl (C=O) groups is 1. The average Bonchev–Trinajstić information content (AvgIpc) is 2.37. The summed E-state index contributed by atoms with van der Waals surface area (Å²) in [7, 11) is -2.85. The number of aryl methyl sites for hydroxylation is 1. The molecular weight excluding hydrogens is 276 g/mol. The fraction of sp³-hybridized carbons (Fsp3) is 0.500. The minimum absolute atomic E-state index is 0.107. The van der Waals surface area contributed by atoms with E-state index in [1.165, 1.54) is 0 Å². The molecule has 1 saturated heterocycles. The van der Waals surface area contributed by atoms with Gasteiger partial charge in [-0.1, -0.05) is 12.1 Å². The Morgan fingerprint density at radius 1 is 1.30 bits per heavy atom. The Morgan fingerprint density at radius 2 is 2.00 bits per heavy atom. The third kappa shape index (κ3) is 4.61. The topological polar surface area (TPSA) is 75.3 Å². The van der Waals surface area contributed by atoms with Crippen molar-refractivity contribution in [3.63, 3.8) is 0 Å². The van der Waals surface area contributed by atoms with E-state index in [9.17, 15) is 13.2 Å². The van der Waals surface area contributed by atoms with Gasteiger partial charge in [0.15, 0.2) is 0 Å². The van der Waals surface area contributed by atoms with Crippen LogP contribution in [0.2, 0.25) is 0 Å². The molecule has 20 heavy (non-hydrogen) atoms. The van der Waals surface area contributed by atoms with Gasteiger partial charge in [0, 0.05) is 11.7 Å². The minimum Gasteiger partial charge on any atom is -0.325 e. The third-order valence-electron chi connectivity index (χ3n) is 3.41. The molecule has 0 atom stereocenters. The predicted molar refractivity (Wildman–Crippen MR) is 79.5 cm³/mol. The summed E-state index contributed by atoms with van der Waals surface area (Å²) in [5.74, 6) is 0.318. The van der Waals surface area contributed by atoms with Crippen LogP contribution in [0.3, 0.4) is 0 Å². The van der Waals surface area contributed by atoms with Gasteiger partial charge >= 0.3 is 0 Å². The van der Waals surface area contributed by atoms with E-state index in [0.29, 0.717) is 12.8 Å². The molecule has 2 rings (SSSR count). The molecule has 0 spiro atoms. The lowest BCUT2D eigenvalue weighted by Gasteiger charge is -2.22. The Hall–Kier alpha value is -1.40. The second-order valence-corrected chi connectivity index (χ2v) is 7.53. The first-order valence-electron chi connectivity index (χ1n) is 6.75. The molecule has 1 aliphatic rings. The van der Waals surface area contributed by atoms with E-state index < -0.39 is 9.84 Å². The first-order valence-corrected chi connectivity index (χ1v) is 8.57. The molecule has 0 radical (unpaired) electrons. The quantitative estimate of drug-likeness (QED) is 0.872. The van der Waals surface area contributed by atoms with Gasteiger partial charge < -0.3 is 10.6 Å². The van der Waals surface area contributed by atoms with Gasteiger partial charge in [-0.05, 0) is 37.5 Å². The standard InChI is InChI=1S/C14H20N2O3S/c1-11-3-2-4-13(9-11)16-14(17)10-15-12-5-7-20(18,19)8-6-12/h2-4,9,12,15H,5-8,10H2,1H3,(H,16,17). The summed E-state index contributed by atoms with van der Waals surface area (Å²) in [6, 6.07) is 7.73. The average molecular weight is 296 g/mol. The minimum atomic E-state index is -2.85. The van der Waals surface area contributed by atoms with E-state index in [4.69, 9.17) is 0 Å². The van der Waals surface area contributed by atoms with Crippen LogP contribution < -0.4 is 10.6 Å². The van der Waals surface area contributed by atoms with E-state index in [1.807, 2.05) is 31.2 Å². The number of nitrogens with one attached hydrogen (secondary N) is 2. The summed E-state index contributed by atoms with van der Waals surface area (Å²) in [5, 5.41) is 5.94. The molecule has 6 heteroatoms. The molecule has 1 aromatic rings. The van der Waals surface area contributed by atoms with Crippen LogP contribution in [-0.4, -0.2) is 38.4 Å². The highest BCUT2D eigenvalue weighted by molar-refractivity contribution is 7.91. The molecule has 2 N–H and O–H groups in total. The summed E-state index contributed by atoms with van der Waals surface area (Å²) < 4.78 is 22.6. The van der Waals surface area contributed by atoms with E-state index in [0.717, 1.165) is 11.3 Å². The largest absolute Gasteiger partial charge is 0.325 e. The lowest BCUT2D eigenvalue weighted by Crippen LogP contribution is -2.41. The second-order valence-electron chi connectivity index (χ2n) is 5.22. The van der Waals surface area contributed by atoms with Gasteiger partial charge in [-0.3, -0.25) is 4.79 Å². The van der Waals surface area contributed by atoms with Crippen molar-refractivity contribution in [3.8, 4) is 0 Å². The van der Waals surface area contributed by atoms with Crippen LogP contribution in [0.25, 0.3) is 0 Å². The van der Waals surface area contributed by atoms with Crippen molar-refractivity contribution >= 4 is 21.4 Å². The number of benzene rings is 1. The van der Waals surface area contributed by atoms with Crippen molar-refractivity contribution in [1.82, 2.24) is 5.32 Å². The summed E-state index contributed by atoms with van der Waals surface area (Å²) in [5.41, 5.74) is 1.87. The molecule has 1 aliphatic heterocycles. The lowest BCUT2D eigenvalue weighted by atomic mass is 10.1. The third-order valence-corrected chi connectivity index (χ3v) is 5.12. The number of sulfone groups is 1. The molecule has 1 heterocycles. The van der Waals surface area contributed by atoms with Gasteiger partial charge in [0.05, 0.1) is 18.1 Å². The van der Waals surface area contributed by atoms with Gasteiger partial charge in [0.1, 0.15) is 9.84 Å². The van der Waals surface area contributed by atoms with E-state index in [-0.39, 0.29) is 30.0 Å². The van der Waals surface area contributed by atoms with E-state index in [2.05, 4.69) is 10.6 Å². The maximum absolute atomic E-state index is 11.8. The molecular formula is C14H20N2O3S. The Kier molecular flexibility index (Phi) is 4.77. The maximum Gasteiger partial charge on any atom is 0.238 e. The molecule has 110 valence electrons. The van der Waals surface area contributed by atoms with Crippen LogP contribution >= 0.6 is 0 Å². The van der Waals surface area contributed by atoms with E-state index >= 15 is 0 Å². The van der Waals surface area contributed by atoms with Gasteiger partial charge in [0.2, 0.25) is 5.91 Å². The van der Waals surface area contributed by atoms with Gasteiger partial charge in [-0.25, -0.2) is 8.42 Å². The molecule has 1 amide bonds. The van der Waals surface area contributed by atoms with E-state index in [1.54, 1.807) is 0 Å². The van der Waals surface area contributed by atoms with Gasteiger partial charge in [0.25, 0.3) is 0 Å². The zero-order valence-electron chi connectivity index (χ0n) is 11.6. The lowest BCUT2D eigenvalue weighted by molar-refractivity contribution is -0.115. The second kappa shape index (κ2) is 6.37. The fourth-order valence-electron chi connectivity index (χ4n) is 2.26. The number of hydrogen-bond acceptors (Lipinski definition) is 4. The molecule has 0 bridgehead atoms. The van der Waals surface area contributed by atoms with Crippen LogP contribution in [0, 0.1) is 6.92 Å². The zero-order chi connectivity index (χ0) is 14.6. The van der Waals surface area contributed by atoms with Gasteiger partial charge in [-0.2, -0.15) is 0 Å². The van der Waals surface area contributed by atoms with Crippen LogP contribution in [0.1, 0.15) is 18.4 Å². The summed E-state index contributed by atoms with van der Waals surface area (Å²) in [4.78, 5) is 11.8. The SMILES string of the molecule is Cc1cccc(NC(=O)CNC2CCS(=O)(=O)CC2)c1.